The van der Waals surface area contributed by atoms with Crippen LogP contribution in [0.25, 0.3) is 0 Å². The van der Waals surface area contributed by atoms with Crippen LogP contribution in [0, 0.1) is 5.82 Å². The normalized spacial score (nSPS) is 13.7. The van der Waals surface area contributed by atoms with Gasteiger partial charge in [-0.05, 0) is 61.9 Å². The minimum absolute atomic E-state index is 0.0278. The first kappa shape index (κ1) is 18.6. The summed E-state index contributed by atoms with van der Waals surface area (Å²) in [6.45, 7) is 7.38. The third kappa shape index (κ3) is 3.85. The fraction of sp³-hybridized carbons (Fsp3) is 0.647. The fourth-order valence-corrected chi connectivity index (χ4v) is 3.55. The Balaban J connectivity index is 3.36. The van der Waals surface area contributed by atoms with Gasteiger partial charge in [-0.1, -0.05) is 32.9 Å². The minimum atomic E-state index is -0.153. The average molecular weight is 359 g/mol. The van der Waals surface area contributed by atoms with Crippen molar-refractivity contribution in [2.45, 2.75) is 51.6 Å². The Labute approximate surface area is 137 Å². The molecule has 0 aliphatic heterocycles. The molecule has 1 rings (SSSR count). The van der Waals surface area contributed by atoms with Crippen LogP contribution in [0.1, 0.15) is 51.6 Å². The van der Waals surface area contributed by atoms with E-state index in [0.717, 1.165) is 31.4 Å². The molecule has 0 fully saturated rings. The van der Waals surface area contributed by atoms with Crippen LogP contribution in [0.2, 0.25) is 0 Å². The fourth-order valence-electron chi connectivity index (χ4n) is 3.17. The van der Waals surface area contributed by atoms with Crippen LogP contribution in [-0.4, -0.2) is 31.1 Å². The van der Waals surface area contributed by atoms with Gasteiger partial charge in [0.1, 0.15) is 5.82 Å². The summed E-state index contributed by atoms with van der Waals surface area (Å²) in [7, 11) is 4.17. The number of nitrogens with one attached hydrogen (secondary N) is 1. The highest BCUT2D eigenvalue weighted by atomic mass is 79.9. The van der Waals surface area contributed by atoms with Gasteiger partial charge in [-0.3, -0.25) is 0 Å². The number of hydrogen-bond donors (Lipinski definition) is 1. The molecule has 120 valence electrons. The Morgan fingerprint density at radius 3 is 2.33 bits per heavy atom. The van der Waals surface area contributed by atoms with Gasteiger partial charge in [-0.2, -0.15) is 0 Å². The van der Waals surface area contributed by atoms with E-state index in [1.807, 2.05) is 12.1 Å². The molecule has 2 nitrogen and oxygen atoms in total. The number of halogens is 2. The van der Waals surface area contributed by atoms with Crippen LogP contribution < -0.4 is 5.32 Å². The Kier molecular flexibility index (Phi) is 7.31. The first-order valence-electron chi connectivity index (χ1n) is 7.79. The van der Waals surface area contributed by atoms with E-state index in [-0.39, 0.29) is 17.4 Å². The van der Waals surface area contributed by atoms with Crippen molar-refractivity contribution in [3.8, 4) is 0 Å². The monoisotopic (exact) mass is 358 g/mol. The molecule has 0 radical (unpaired) electrons. The Bertz CT molecular complexity index is 444. The van der Waals surface area contributed by atoms with E-state index in [0.29, 0.717) is 4.47 Å². The highest BCUT2D eigenvalue weighted by Crippen LogP contribution is 2.38. The summed E-state index contributed by atoms with van der Waals surface area (Å²) in [6, 6.07) is 5.54. The van der Waals surface area contributed by atoms with Gasteiger partial charge >= 0.3 is 0 Å². The molecule has 0 amide bonds. The van der Waals surface area contributed by atoms with Crippen molar-refractivity contribution in [3.05, 3.63) is 34.1 Å². The van der Waals surface area contributed by atoms with Crippen molar-refractivity contribution in [2.75, 3.05) is 20.6 Å². The topological polar surface area (TPSA) is 15.3 Å². The molecule has 0 aromatic heterocycles. The lowest BCUT2D eigenvalue weighted by atomic mass is 9.79. The lowest BCUT2D eigenvalue weighted by Crippen LogP contribution is -2.53. The van der Waals surface area contributed by atoms with E-state index in [1.165, 1.54) is 0 Å². The van der Waals surface area contributed by atoms with Gasteiger partial charge in [0, 0.05) is 11.1 Å². The van der Waals surface area contributed by atoms with Crippen molar-refractivity contribution in [2.24, 2.45) is 0 Å². The van der Waals surface area contributed by atoms with Crippen molar-refractivity contribution in [3.63, 3.8) is 0 Å². The summed E-state index contributed by atoms with van der Waals surface area (Å²) in [5.41, 5.74) is 0.645. The first-order valence-corrected chi connectivity index (χ1v) is 8.58. The van der Waals surface area contributed by atoms with Gasteiger partial charge in [0.05, 0.1) is 10.5 Å². The van der Waals surface area contributed by atoms with Gasteiger partial charge in [0.2, 0.25) is 0 Å². The molecule has 1 aromatic carbocycles. The molecule has 0 aliphatic carbocycles. The maximum atomic E-state index is 14.6. The molecular weight excluding hydrogens is 331 g/mol. The molecule has 1 atom stereocenters. The van der Waals surface area contributed by atoms with Crippen molar-refractivity contribution in [1.82, 2.24) is 10.2 Å². The summed E-state index contributed by atoms with van der Waals surface area (Å²) < 4.78 is 15.2. The van der Waals surface area contributed by atoms with E-state index in [4.69, 9.17) is 0 Å². The number of likely N-dealkylation sites (N-methyl/N-ethyl adjacent to an activating group) is 1. The van der Waals surface area contributed by atoms with Gasteiger partial charge in [0.25, 0.3) is 0 Å². The molecule has 0 spiro atoms. The van der Waals surface area contributed by atoms with Gasteiger partial charge in [-0.25, -0.2) is 4.39 Å². The predicted molar refractivity (Wildman–Crippen MR) is 92.1 cm³/mol. The number of hydrogen-bond acceptors (Lipinski definition) is 2. The maximum Gasteiger partial charge on any atom is 0.142 e. The molecule has 21 heavy (non-hydrogen) atoms. The molecule has 1 unspecified atom stereocenters. The van der Waals surface area contributed by atoms with Crippen molar-refractivity contribution < 1.29 is 4.39 Å². The van der Waals surface area contributed by atoms with Crippen LogP contribution in [-0.2, 0) is 0 Å². The molecule has 0 saturated carbocycles. The van der Waals surface area contributed by atoms with Crippen molar-refractivity contribution >= 4 is 15.9 Å². The van der Waals surface area contributed by atoms with E-state index < -0.39 is 0 Å². The summed E-state index contributed by atoms with van der Waals surface area (Å²) in [5.74, 6) is -0.153. The Morgan fingerprint density at radius 1 is 1.24 bits per heavy atom. The van der Waals surface area contributed by atoms with E-state index >= 15 is 0 Å². The number of rotatable bonds is 8. The largest absolute Gasteiger partial charge is 0.308 e. The second-order valence-corrected chi connectivity index (χ2v) is 6.59. The molecule has 0 bridgehead atoms. The molecule has 0 saturated heterocycles. The lowest BCUT2D eigenvalue weighted by molar-refractivity contribution is 0.0864. The zero-order valence-electron chi connectivity index (χ0n) is 13.8. The predicted octanol–water partition coefficient (Wildman–Crippen LogP) is 4.75. The van der Waals surface area contributed by atoms with Gasteiger partial charge in [0.15, 0.2) is 0 Å². The third-order valence-corrected chi connectivity index (χ3v) is 5.16. The van der Waals surface area contributed by atoms with Crippen LogP contribution in [0.4, 0.5) is 4.39 Å². The lowest BCUT2D eigenvalue weighted by Gasteiger charge is -2.46. The van der Waals surface area contributed by atoms with Crippen LogP contribution in [0.5, 0.6) is 0 Å². The van der Waals surface area contributed by atoms with Gasteiger partial charge in [-0.15, -0.1) is 0 Å². The highest BCUT2D eigenvalue weighted by molar-refractivity contribution is 9.10. The molecule has 4 heteroatoms. The average Bonchev–Trinajstić information content (AvgIpc) is 2.47. The van der Waals surface area contributed by atoms with E-state index in [1.54, 1.807) is 6.07 Å². The van der Waals surface area contributed by atoms with Crippen molar-refractivity contribution in [1.29, 1.82) is 0 Å². The second kappa shape index (κ2) is 8.25. The quantitative estimate of drug-likeness (QED) is 0.721. The summed E-state index contributed by atoms with van der Waals surface area (Å²) in [6.07, 6.45) is 2.96. The first-order chi connectivity index (χ1) is 9.94. The van der Waals surface area contributed by atoms with Crippen LogP contribution in [0.15, 0.2) is 22.7 Å². The minimum Gasteiger partial charge on any atom is -0.308 e. The zero-order valence-corrected chi connectivity index (χ0v) is 15.4. The van der Waals surface area contributed by atoms with Crippen LogP contribution >= 0.6 is 15.9 Å². The molecule has 0 heterocycles. The maximum absolute atomic E-state index is 14.6. The van der Waals surface area contributed by atoms with Crippen LogP contribution in [0.3, 0.4) is 0 Å². The zero-order chi connectivity index (χ0) is 16.0. The molecule has 1 aromatic rings. The second-order valence-electron chi connectivity index (χ2n) is 5.74. The molecule has 1 N–H and O–H groups in total. The Morgan fingerprint density at radius 2 is 1.86 bits per heavy atom. The SMILES string of the molecule is CCCNC(c1cccc(Br)c1F)C(CC)(CC)N(C)C. The van der Waals surface area contributed by atoms with E-state index in [2.05, 4.69) is 61.0 Å². The standard InChI is InChI=1S/C17H28BrFN2/c1-6-12-20-16(17(7-2,8-3)21(4)5)13-10-9-11-14(18)15(13)19/h9-11,16,20H,6-8,12H2,1-5H3. The highest BCUT2D eigenvalue weighted by Gasteiger charge is 2.39. The number of nitrogens with zero attached hydrogens (tertiary/aromatic N) is 1. The third-order valence-electron chi connectivity index (χ3n) is 4.54. The summed E-state index contributed by atoms with van der Waals surface area (Å²) in [5, 5.41) is 3.58. The van der Waals surface area contributed by atoms with E-state index in [9.17, 15) is 4.39 Å². The summed E-state index contributed by atoms with van der Waals surface area (Å²) in [4.78, 5) is 2.24. The molecular formula is C17H28BrFN2. The number of benzene rings is 1. The van der Waals surface area contributed by atoms with Gasteiger partial charge < -0.3 is 10.2 Å². The molecule has 0 aliphatic rings. The summed E-state index contributed by atoms with van der Waals surface area (Å²) >= 11 is 3.31. The smallest absolute Gasteiger partial charge is 0.142 e. The Hall–Kier alpha value is -0.450.